The Labute approximate surface area is 185 Å². The van der Waals surface area contributed by atoms with Crippen LogP contribution in [-0.2, 0) is 11.0 Å². The molecule has 0 spiro atoms. The van der Waals surface area contributed by atoms with E-state index in [1.54, 1.807) is 6.07 Å². The lowest BCUT2D eigenvalue weighted by atomic mass is 10.1. The third-order valence-electron chi connectivity index (χ3n) is 4.77. The molecule has 1 saturated carbocycles. The summed E-state index contributed by atoms with van der Waals surface area (Å²) in [7, 11) is 0. The van der Waals surface area contributed by atoms with Crippen molar-refractivity contribution in [1.29, 1.82) is 0 Å². The smallest absolute Gasteiger partial charge is 0.368 e. The van der Waals surface area contributed by atoms with Crippen molar-refractivity contribution >= 4 is 41.5 Å². The number of halogens is 4. The summed E-state index contributed by atoms with van der Waals surface area (Å²) < 4.78 is 38.8. The van der Waals surface area contributed by atoms with Crippen molar-refractivity contribution in [1.82, 2.24) is 15.5 Å². The number of nitrogens with zero attached hydrogens (tertiary/aromatic N) is 3. The van der Waals surface area contributed by atoms with E-state index >= 15 is 0 Å². The summed E-state index contributed by atoms with van der Waals surface area (Å²) >= 11 is 0. The Balaban J connectivity index is 0.00000300. The molecule has 2 aliphatic rings. The Morgan fingerprint density at radius 3 is 2.48 bits per heavy atom. The van der Waals surface area contributed by atoms with Crippen molar-refractivity contribution in [3.63, 3.8) is 0 Å². The molecule has 2 N–H and O–H groups in total. The Hall–Kier alpha value is -1.72. The first-order valence-corrected chi connectivity index (χ1v) is 9.61. The van der Waals surface area contributed by atoms with Crippen LogP contribution in [-0.4, -0.2) is 62.1 Å². The van der Waals surface area contributed by atoms with Crippen LogP contribution in [0.1, 0.15) is 25.3 Å². The van der Waals surface area contributed by atoms with E-state index in [-0.39, 0.29) is 36.4 Å². The van der Waals surface area contributed by atoms with Gasteiger partial charge >= 0.3 is 6.18 Å². The molecule has 1 aliphatic heterocycles. The van der Waals surface area contributed by atoms with E-state index in [2.05, 4.69) is 15.6 Å². The summed E-state index contributed by atoms with van der Waals surface area (Å²) in [6.45, 7) is 5.11. The van der Waals surface area contributed by atoms with Gasteiger partial charge in [-0.3, -0.25) is 4.79 Å². The van der Waals surface area contributed by atoms with Gasteiger partial charge in [-0.15, -0.1) is 24.0 Å². The Morgan fingerprint density at radius 1 is 1.21 bits per heavy atom. The van der Waals surface area contributed by atoms with E-state index in [0.717, 1.165) is 18.9 Å². The number of piperazine rings is 1. The number of benzene rings is 1. The van der Waals surface area contributed by atoms with E-state index in [9.17, 15) is 18.0 Å². The van der Waals surface area contributed by atoms with E-state index < -0.39 is 11.7 Å². The zero-order chi connectivity index (χ0) is 20.1. The second-order valence-corrected chi connectivity index (χ2v) is 7.03. The van der Waals surface area contributed by atoms with Gasteiger partial charge in [-0.05, 0) is 38.0 Å². The van der Waals surface area contributed by atoms with E-state index in [0.29, 0.717) is 50.4 Å². The highest BCUT2D eigenvalue weighted by Crippen LogP contribution is 2.31. The first kappa shape index (κ1) is 23.6. The molecule has 1 amide bonds. The molecule has 1 aromatic rings. The average Bonchev–Trinajstić information content (AvgIpc) is 3.49. The Morgan fingerprint density at radius 2 is 1.90 bits per heavy atom. The van der Waals surface area contributed by atoms with Crippen molar-refractivity contribution < 1.29 is 18.0 Å². The van der Waals surface area contributed by atoms with Gasteiger partial charge in [-0.1, -0.05) is 6.07 Å². The number of hydrogen-bond acceptors (Lipinski definition) is 3. The largest absolute Gasteiger partial charge is 0.416 e. The monoisotopic (exact) mass is 525 g/mol. The Kier molecular flexibility index (Phi) is 8.41. The van der Waals surface area contributed by atoms with Gasteiger partial charge in [0.15, 0.2) is 5.96 Å². The molecule has 0 bridgehead atoms. The first-order chi connectivity index (χ1) is 13.4. The molecule has 0 aromatic heterocycles. The van der Waals surface area contributed by atoms with Gasteiger partial charge in [0.25, 0.3) is 0 Å². The van der Waals surface area contributed by atoms with Crippen molar-refractivity contribution in [2.24, 2.45) is 4.99 Å². The van der Waals surface area contributed by atoms with Crippen molar-refractivity contribution in [3.8, 4) is 0 Å². The highest BCUT2D eigenvalue weighted by atomic mass is 127. The number of amides is 1. The van der Waals surface area contributed by atoms with Gasteiger partial charge in [-0.25, -0.2) is 4.99 Å². The molecule has 0 radical (unpaired) electrons. The van der Waals surface area contributed by atoms with Gasteiger partial charge in [0.1, 0.15) is 6.54 Å². The van der Waals surface area contributed by atoms with Gasteiger partial charge in [-0.2, -0.15) is 13.2 Å². The fourth-order valence-corrected chi connectivity index (χ4v) is 3.13. The maximum atomic E-state index is 12.9. The Bertz CT molecular complexity index is 716. The molecule has 3 rings (SSSR count). The van der Waals surface area contributed by atoms with Crippen LogP contribution in [0.25, 0.3) is 0 Å². The summed E-state index contributed by atoms with van der Waals surface area (Å²) in [6, 6.07) is 5.72. The predicted octanol–water partition coefficient (Wildman–Crippen LogP) is 2.69. The quantitative estimate of drug-likeness (QED) is 0.353. The molecule has 162 valence electrons. The maximum Gasteiger partial charge on any atom is 0.416 e. The summed E-state index contributed by atoms with van der Waals surface area (Å²) in [5, 5.41) is 6.10. The normalized spacial score (nSPS) is 17.6. The molecular formula is C19H27F3IN5O. The predicted molar refractivity (Wildman–Crippen MR) is 118 cm³/mol. The standard InChI is InChI=1S/C19H26F3N5O.HI/c1-2-23-18(24-13-17(28)25-15-6-7-15)27-10-8-26(9-11-27)16-5-3-4-14(12-16)19(20,21)22;/h3-5,12,15H,2,6-11,13H2,1H3,(H,23,24)(H,25,28);1H. The molecule has 1 heterocycles. The van der Waals surface area contributed by atoms with Crippen LogP contribution in [0.2, 0.25) is 0 Å². The van der Waals surface area contributed by atoms with Gasteiger partial charge < -0.3 is 20.4 Å². The topological polar surface area (TPSA) is 60.0 Å². The molecule has 0 atom stereocenters. The first-order valence-electron chi connectivity index (χ1n) is 9.61. The lowest BCUT2D eigenvalue weighted by Crippen LogP contribution is -2.52. The maximum absolute atomic E-state index is 12.9. The minimum Gasteiger partial charge on any atom is -0.368 e. The van der Waals surface area contributed by atoms with E-state index in [1.807, 2.05) is 16.7 Å². The van der Waals surface area contributed by atoms with Crippen molar-refractivity contribution in [2.75, 3.05) is 44.2 Å². The highest BCUT2D eigenvalue weighted by Gasteiger charge is 2.31. The number of nitrogens with one attached hydrogen (secondary N) is 2. The number of anilines is 1. The van der Waals surface area contributed by atoms with E-state index in [4.69, 9.17) is 0 Å². The lowest BCUT2D eigenvalue weighted by Gasteiger charge is -2.37. The van der Waals surface area contributed by atoms with Crippen LogP contribution < -0.4 is 15.5 Å². The van der Waals surface area contributed by atoms with Gasteiger partial charge in [0.05, 0.1) is 5.56 Å². The number of rotatable bonds is 5. The fourth-order valence-electron chi connectivity index (χ4n) is 3.13. The number of carbonyl (C=O) groups excluding carboxylic acids is 1. The zero-order valence-electron chi connectivity index (χ0n) is 16.3. The molecule has 0 unspecified atom stereocenters. The minimum absolute atomic E-state index is 0. The average molecular weight is 525 g/mol. The highest BCUT2D eigenvalue weighted by molar-refractivity contribution is 14.0. The van der Waals surface area contributed by atoms with Crippen LogP contribution in [0, 0.1) is 0 Å². The van der Waals surface area contributed by atoms with Crippen LogP contribution >= 0.6 is 24.0 Å². The number of hydrogen-bond donors (Lipinski definition) is 2. The van der Waals surface area contributed by atoms with Gasteiger partial charge in [0, 0.05) is 44.5 Å². The molecule has 29 heavy (non-hydrogen) atoms. The van der Waals surface area contributed by atoms with E-state index in [1.165, 1.54) is 12.1 Å². The van der Waals surface area contributed by atoms with Crippen molar-refractivity contribution in [2.45, 2.75) is 32.0 Å². The lowest BCUT2D eigenvalue weighted by molar-refractivity contribution is -0.137. The summed E-state index contributed by atoms with van der Waals surface area (Å²) in [6.07, 6.45) is -2.27. The molecule has 1 aromatic carbocycles. The molecular weight excluding hydrogens is 498 g/mol. The van der Waals surface area contributed by atoms with Crippen LogP contribution in [0.5, 0.6) is 0 Å². The molecule has 1 aliphatic carbocycles. The second-order valence-electron chi connectivity index (χ2n) is 7.03. The molecule has 10 heteroatoms. The third-order valence-corrected chi connectivity index (χ3v) is 4.77. The molecule has 6 nitrogen and oxygen atoms in total. The molecule has 1 saturated heterocycles. The zero-order valence-corrected chi connectivity index (χ0v) is 18.7. The minimum atomic E-state index is -4.34. The molecule has 2 fully saturated rings. The number of carbonyl (C=O) groups is 1. The number of aliphatic imine (C=N–C) groups is 1. The summed E-state index contributed by atoms with van der Waals surface area (Å²) in [5.74, 6) is 0.581. The van der Waals surface area contributed by atoms with Crippen LogP contribution in [0.15, 0.2) is 29.3 Å². The summed E-state index contributed by atoms with van der Waals surface area (Å²) in [5.41, 5.74) is -0.0655. The van der Waals surface area contributed by atoms with Crippen molar-refractivity contribution in [3.05, 3.63) is 29.8 Å². The number of alkyl halides is 3. The number of guanidine groups is 1. The SMILES string of the molecule is CCNC(=NCC(=O)NC1CC1)N1CCN(c2cccc(C(F)(F)F)c2)CC1.I. The van der Waals surface area contributed by atoms with Crippen LogP contribution in [0.4, 0.5) is 18.9 Å². The fraction of sp³-hybridized carbons (Fsp3) is 0.579. The van der Waals surface area contributed by atoms with Crippen LogP contribution in [0.3, 0.4) is 0 Å². The van der Waals surface area contributed by atoms with Gasteiger partial charge in [0.2, 0.25) is 5.91 Å². The third kappa shape index (κ3) is 6.93. The second kappa shape index (κ2) is 10.4. The summed E-state index contributed by atoms with van der Waals surface area (Å²) in [4.78, 5) is 20.3.